The number of aromatic nitrogens is 1. The fraction of sp³-hybridized carbons (Fsp3) is 0.375. The number of rotatable bonds is 3. The zero-order valence-corrected chi connectivity index (χ0v) is 9.34. The van der Waals surface area contributed by atoms with Crippen LogP contribution in [-0.2, 0) is 9.05 Å². The molecule has 0 saturated heterocycles. The first-order chi connectivity index (χ1) is 6.41. The number of ether oxygens (including phenoxy) is 1. The van der Waals surface area contributed by atoms with Gasteiger partial charge in [-0.2, -0.15) is 0 Å². The monoisotopic (exact) mass is 235 g/mol. The third-order valence-electron chi connectivity index (χ3n) is 1.35. The molecule has 78 valence electrons. The molecule has 0 atom stereocenters. The lowest BCUT2D eigenvalue weighted by atomic mass is 10.4. The van der Waals surface area contributed by atoms with Gasteiger partial charge in [0.05, 0.1) is 6.10 Å². The molecule has 14 heavy (non-hydrogen) atoms. The molecule has 6 heteroatoms. The Morgan fingerprint density at radius 1 is 1.50 bits per heavy atom. The predicted octanol–water partition coefficient (Wildman–Crippen LogP) is 1.80. The first-order valence-corrected chi connectivity index (χ1v) is 6.28. The summed E-state index contributed by atoms with van der Waals surface area (Å²) >= 11 is 0. The van der Waals surface area contributed by atoms with Crippen LogP contribution in [0, 0.1) is 0 Å². The Balaban J connectivity index is 3.17. The van der Waals surface area contributed by atoms with Gasteiger partial charge < -0.3 is 4.74 Å². The molecule has 1 heterocycles. The smallest absolute Gasteiger partial charge is 0.266 e. The Hall–Kier alpha value is -0.810. The molecule has 4 nitrogen and oxygen atoms in total. The van der Waals surface area contributed by atoms with Crippen LogP contribution >= 0.6 is 10.7 Å². The van der Waals surface area contributed by atoms with E-state index >= 15 is 0 Å². The molecule has 0 bridgehead atoms. The van der Waals surface area contributed by atoms with Gasteiger partial charge in [-0.1, -0.05) is 0 Å². The zero-order chi connectivity index (χ0) is 10.8. The number of nitrogens with zero attached hydrogens (tertiary/aromatic N) is 1. The Kier molecular flexibility index (Phi) is 3.34. The number of pyridine rings is 1. The van der Waals surface area contributed by atoms with Crippen LogP contribution in [0.5, 0.6) is 5.88 Å². The molecule has 0 spiro atoms. The van der Waals surface area contributed by atoms with E-state index < -0.39 is 9.05 Å². The van der Waals surface area contributed by atoms with Crippen LogP contribution in [0.3, 0.4) is 0 Å². The minimum atomic E-state index is -3.79. The van der Waals surface area contributed by atoms with Gasteiger partial charge in [0.2, 0.25) is 5.88 Å². The summed E-state index contributed by atoms with van der Waals surface area (Å²) in [5.74, 6) is 0.0394. The lowest BCUT2D eigenvalue weighted by Crippen LogP contribution is -2.09. The zero-order valence-electron chi connectivity index (χ0n) is 7.77. The molecule has 0 aliphatic carbocycles. The fourth-order valence-electron chi connectivity index (χ4n) is 0.873. The highest BCUT2D eigenvalue weighted by molar-refractivity contribution is 8.13. The van der Waals surface area contributed by atoms with E-state index in [4.69, 9.17) is 15.4 Å². The molecule has 0 aromatic carbocycles. The predicted molar refractivity (Wildman–Crippen MR) is 53.0 cm³/mol. The molecular weight excluding hydrogens is 226 g/mol. The second-order valence-electron chi connectivity index (χ2n) is 2.91. The average Bonchev–Trinajstić information content (AvgIpc) is 2.01. The summed E-state index contributed by atoms with van der Waals surface area (Å²) in [6.45, 7) is 3.55. The number of hydrogen-bond donors (Lipinski definition) is 0. The maximum atomic E-state index is 11.1. The van der Waals surface area contributed by atoms with E-state index in [1.807, 2.05) is 0 Å². The Morgan fingerprint density at radius 3 is 2.64 bits per heavy atom. The van der Waals surface area contributed by atoms with Gasteiger partial charge in [-0.3, -0.25) is 0 Å². The highest BCUT2D eigenvalue weighted by Gasteiger charge is 2.18. The van der Waals surface area contributed by atoms with Gasteiger partial charge in [-0.15, -0.1) is 0 Å². The van der Waals surface area contributed by atoms with E-state index in [2.05, 4.69) is 4.98 Å². The summed E-state index contributed by atoms with van der Waals surface area (Å²) in [6.07, 6.45) is 1.30. The van der Waals surface area contributed by atoms with Gasteiger partial charge in [0.25, 0.3) is 9.05 Å². The molecule has 0 aliphatic heterocycles. The van der Waals surface area contributed by atoms with Gasteiger partial charge in [0.1, 0.15) is 4.90 Å². The first kappa shape index (κ1) is 11.3. The van der Waals surface area contributed by atoms with Crippen LogP contribution < -0.4 is 4.74 Å². The summed E-state index contributed by atoms with van der Waals surface area (Å²) in [7, 11) is 1.41. The largest absolute Gasteiger partial charge is 0.474 e. The van der Waals surface area contributed by atoms with Gasteiger partial charge in [0, 0.05) is 16.9 Å². The van der Waals surface area contributed by atoms with Crippen LogP contribution in [0.25, 0.3) is 0 Å². The second kappa shape index (κ2) is 4.14. The maximum Gasteiger partial charge on any atom is 0.266 e. The lowest BCUT2D eigenvalue weighted by molar-refractivity contribution is 0.226. The molecule has 0 radical (unpaired) electrons. The molecule has 0 unspecified atom stereocenters. The summed E-state index contributed by atoms with van der Waals surface area (Å²) < 4.78 is 27.4. The highest BCUT2D eigenvalue weighted by atomic mass is 35.7. The molecule has 1 aromatic heterocycles. The van der Waals surface area contributed by atoms with Gasteiger partial charge >= 0.3 is 0 Å². The van der Waals surface area contributed by atoms with Crippen molar-refractivity contribution >= 4 is 19.7 Å². The Bertz CT molecular complexity index is 416. The average molecular weight is 236 g/mol. The van der Waals surface area contributed by atoms with Crippen molar-refractivity contribution in [2.75, 3.05) is 0 Å². The van der Waals surface area contributed by atoms with Crippen molar-refractivity contribution in [2.24, 2.45) is 0 Å². The fourth-order valence-corrected chi connectivity index (χ4v) is 1.78. The summed E-state index contributed by atoms with van der Waals surface area (Å²) in [5, 5.41) is 0. The van der Waals surface area contributed by atoms with Gasteiger partial charge in [0.15, 0.2) is 0 Å². The van der Waals surface area contributed by atoms with E-state index in [-0.39, 0.29) is 16.9 Å². The second-order valence-corrected chi connectivity index (χ2v) is 5.45. The first-order valence-electron chi connectivity index (χ1n) is 3.97. The SMILES string of the molecule is CC(C)Oc1ncccc1S(=O)(=O)Cl. The van der Waals surface area contributed by atoms with Crippen LogP contribution in [0.4, 0.5) is 0 Å². The van der Waals surface area contributed by atoms with Crippen molar-refractivity contribution in [2.45, 2.75) is 24.8 Å². The molecule has 0 N–H and O–H groups in total. The number of hydrogen-bond acceptors (Lipinski definition) is 4. The molecule has 0 aliphatic rings. The van der Waals surface area contributed by atoms with E-state index in [0.29, 0.717) is 0 Å². The minimum Gasteiger partial charge on any atom is -0.474 e. The van der Waals surface area contributed by atoms with Crippen LogP contribution in [0.15, 0.2) is 23.2 Å². The third kappa shape index (κ3) is 2.85. The quantitative estimate of drug-likeness (QED) is 0.750. The van der Waals surface area contributed by atoms with E-state index in [9.17, 15) is 8.42 Å². The lowest BCUT2D eigenvalue weighted by Gasteiger charge is -2.10. The minimum absolute atomic E-state index is 0.0394. The van der Waals surface area contributed by atoms with Crippen molar-refractivity contribution in [3.05, 3.63) is 18.3 Å². The Morgan fingerprint density at radius 2 is 2.14 bits per heavy atom. The van der Waals surface area contributed by atoms with Crippen LogP contribution in [0.1, 0.15) is 13.8 Å². The summed E-state index contributed by atoms with van der Waals surface area (Å²) in [5.41, 5.74) is 0. The van der Waals surface area contributed by atoms with E-state index in [0.717, 1.165) is 0 Å². The van der Waals surface area contributed by atoms with E-state index in [1.54, 1.807) is 13.8 Å². The molecule has 0 saturated carbocycles. The molecule has 1 aromatic rings. The van der Waals surface area contributed by atoms with Crippen LogP contribution in [0.2, 0.25) is 0 Å². The van der Waals surface area contributed by atoms with Crippen molar-refractivity contribution in [3.8, 4) is 5.88 Å². The Labute approximate surface area is 87.3 Å². The summed E-state index contributed by atoms with van der Waals surface area (Å²) in [6, 6.07) is 2.84. The van der Waals surface area contributed by atoms with Gasteiger partial charge in [-0.25, -0.2) is 13.4 Å². The van der Waals surface area contributed by atoms with Crippen molar-refractivity contribution in [1.29, 1.82) is 0 Å². The van der Waals surface area contributed by atoms with E-state index in [1.165, 1.54) is 18.3 Å². The van der Waals surface area contributed by atoms with Crippen LogP contribution in [-0.4, -0.2) is 19.5 Å². The molecule has 1 rings (SSSR count). The van der Waals surface area contributed by atoms with Crippen molar-refractivity contribution < 1.29 is 13.2 Å². The molecular formula is C8H10ClNO3S. The maximum absolute atomic E-state index is 11.1. The number of halogens is 1. The standard InChI is InChI=1S/C8H10ClNO3S/c1-6(2)13-8-7(14(9,11)12)4-3-5-10-8/h3-6H,1-2H3. The van der Waals surface area contributed by atoms with Crippen molar-refractivity contribution in [3.63, 3.8) is 0 Å². The van der Waals surface area contributed by atoms with Gasteiger partial charge in [-0.05, 0) is 26.0 Å². The third-order valence-corrected chi connectivity index (χ3v) is 2.68. The normalized spacial score (nSPS) is 11.7. The molecule has 0 amide bonds. The molecule has 0 fully saturated rings. The highest BCUT2D eigenvalue weighted by Crippen LogP contribution is 2.24. The topological polar surface area (TPSA) is 56.3 Å². The van der Waals surface area contributed by atoms with Crippen molar-refractivity contribution in [1.82, 2.24) is 4.98 Å². The summed E-state index contributed by atoms with van der Waals surface area (Å²) in [4.78, 5) is 3.70.